The molecule has 1 amide bonds. The summed E-state index contributed by atoms with van der Waals surface area (Å²) >= 11 is 2.26. The van der Waals surface area contributed by atoms with Crippen LogP contribution in [0, 0.1) is 9.49 Å². The van der Waals surface area contributed by atoms with Gasteiger partial charge in [-0.2, -0.15) is 0 Å². The molecular formula is C16H24IN3O. The van der Waals surface area contributed by atoms with Crippen molar-refractivity contribution in [2.75, 3.05) is 45.6 Å². The van der Waals surface area contributed by atoms with Gasteiger partial charge < -0.3 is 10.2 Å². The van der Waals surface area contributed by atoms with Crippen molar-refractivity contribution in [2.45, 2.75) is 12.8 Å². The highest BCUT2D eigenvalue weighted by atomic mass is 127. The molecule has 1 unspecified atom stereocenters. The van der Waals surface area contributed by atoms with Gasteiger partial charge in [0.05, 0.1) is 6.54 Å². The summed E-state index contributed by atoms with van der Waals surface area (Å²) in [4.78, 5) is 16.6. The van der Waals surface area contributed by atoms with E-state index in [-0.39, 0.29) is 5.91 Å². The minimum Gasteiger partial charge on any atom is -0.325 e. The molecule has 21 heavy (non-hydrogen) atoms. The average molecular weight is 401 g/mol. The number of carbonyl (C=O) groups excluding carboxylic acids is 1. The van der Waals surface area contributed by atoms with Crippen LogP contribution in [0.15, 0.2) is 24.3 Å². The maximum Gasteiger partial charge on any atom is 0.238 e. The Morgan fingerprint density at radius 2 is 2.14 bits per heavy atom. The number of halogens is 1. The molecule has 0 radical (unpaired) electrons. The fourth-order valence-corrected chi connectivity index (χ4v) is 3.27. The number of likely N-dealkylation sites (tertiary alicyclic amines) is 1. The average Bonchev–Trinajstić information content (AvgIpc) is 2.41. The van der Waals surface area contributed by atoms with E-state index < -0.39 is 0 Å². The van der Waals surface area contributed by atoms with Crippen molar-refractivity contribution in [1.82, 2.24) is 9.80 Å². The summed E-state index contributed by atoms with van der Waals surface area (Å²) in [6, 6.07) is 7.88. The topological polar surface area (TPSA) is 35.6 Å². The molecule has 0 aromatic heterocycles. The lowest BCUT2D eigenvalue weighted by atomic mass is 9.98. The summed E-state index contributed by atoms with van der Waals surface area (Å²) < 4.78 is 1.17. The van der Waals surface area contributed by atoms with Gasteiger partial charge in [-0.25, -0.2) is 0 Å². The van der Waals surface area contributed by atoms with Crippen LogP contribution in [-0.2, 0) is 4.79 Å². The van der Waals surface area contributed by atoms with Crippen LogP contribution in [0.3, 0.4) is 0 Å². The number of rotatable bonds is 5. The Hall–Kier alpha value is -0.660. The van der Waals surface area contributed by atoms with Crippen LogP contribution in [0.1, 0.15) is 12.8 Å². The van der Waals surface area contributed by atoms with Crippen molar-refractivity contribution in [1.29, 1.82) is 0 Å². The van der Waals surface area contributed by atoms with Crippen LogP contribution in [0.5, 0.6) is 0 Å². The first-order valence-corrected chi connectivity index (χ1v) is 8.53. The van der Waals surface area contributed by atoms with Crippen molar-refractivity contribution in [3.63, 3.8) is 0 Å². The third-order valence-electron chi connectivity index (χ3n) is 3.83. The van der Waals surface area contributed by atoms with Crippen molar-refractivity contribution < 1.29 is 4.79 Å². The Labute approximate surface area is 141 Å². The van der Waals surface area contributed by atoms with Crippen LogP contribution in [0.2, 0.25) is 0 Å². The Bertz CT molecular complexity index is 463. The maximum absolute atomic E-state index is 12.0. The lowest BCUT2D eigenvalue weighted by molar-refractivity contribution is -0.117. The van der Waals surface area contributed by atoms with Crippen LogP contribution in [-0.4, -0.2) is 56.0 Å². The summed E-state index contributed by atoms with van der Waals surface area (Å²) in [5.74, 6) is 0.739. The minimum absolute atomic E-state index is 0.0582. The first-order chi connectivity index (χ1) is 10.0. The molecule has 116 valence electrons. The zero-order chi connectivity index (χ0) is 15.2. The highest BCUT2D eigenvalue weighted by Crippen LogP contribution is 2.16. The van der Waals surface area contributed by atoms with E-state index in [1.165, 1.54) is 23.0 Å². The van der Waals surface area contributed by atoms with Gasteiger partial charge in [0.1, 0.15) is 0 Å². The molecule has 1 aliphatic heterocycles. The Balaban J connectivity index is 1.75. The third-order valence-corrected chi connectivity index (χ3v) is 4.55. The van der Waals surface area contributed by atoms with E-state index in [1.54, 1.807) is 0 Å². The number of hydrogen-bond acceptors (Lipinski definition) is 3. The number of benzene rings is 1. The molecule has 0 bridgehead atoms. The van der Waals surface area contributed by atoms with Crippen molar-refractivity contribution in [3.05, 3.63) is 27.8 Å². The highest BCUT2D eigenvalue weighted by Gasteiger charge is 2.19. The van der Waals surface area contributed by atoms with Crippen molar-refractivity contribution in [3.8, 4) is 0 Å². The van der Waals surface area contributed by atoms with Gasteiger partial charge in [0.15, 0.2) is 0 Å². The fraction of sp³-hybridized carbons (Fsp3) is 0.562. The SMILES string of the molecule is CN1CCCC(CN(C)CC(=O)Nc2ccc(I)cc2)C1. The van der Waals surface area contributed by atoms with Gasteiger partial charge in [-0.15, -0.1) is 0 Å². The molecule has 4 nitrogen and oxygen atoms in total. The minimum atomic E-state index is 0.0582. The number of carbonyl (C=O) groups is 1. The summed E-state index contributed by atoms with van der Waals surface area (Å²) in [5.41, 5.74) is 0.867. The molecule has 1 atom stereocenters. The van der Waals surface area contributed by atoms with E-state index in [2.05, 4.69) is 44.8 Å². The Morgan fingerprint density at radius 1 is 1.43 bits per heavy atom. The normalized spacial score (nSPS) is 19.7. The summed E-state index contributed by atoms with van der Waals surface area (Å²) in [6.07, 6.45) is 2.54. The molecule has 1 aromatic rings. The molecule has 0 saturated carbocycles. The fourth-order valence-electron chi connectivity index (χ4n) is 2.91. The molecule has 1 aliphatic rings. The van der Waals surface area contributed by atoms with Gasteiger partial charge in [0.25, 0.3) is 0 Å². The smallest absolute Gasteiger partial charge is 0.238 e. The van der Waals surface area contributed by atoms with E-state index in [1.807, 2.05) is 31.3 Å². The molecule has 1 heterocycles. The van der Waals surface area contributed by atoms with Crippen molar-refractivity contribution in [2.24, 2.45) is 5.92 Å². The predicted molar refractivity (Wildman–Crippen MR) is 95.5 cm³/mol. The second-order valence-electron chi connectivity index (χ2n) is 6.02. The summed E-state index contributed by atoms with van der Waals surface area (Å²) in [7, 11) is 4.21. The number of hydrogen-bond donors (Lipinski definition) is 1. The maximum atomic E-state index is 12.0. The van der Waals surface area contributed by atoms with Crippen LogP contribution >= 0.6 is 22.6 Å². The zero-order valence-electron chi connectivity index (χ0n) is 12.8. The monoisotopic (exact) mass is 401 g/mol. The van der Waals surface area contributed by atoms with Gasteiger partial charge in [-0.05, 0) is 86.3 Å². The first kappa shape index (κ1) is 16.7. The largest absolute Gasteiger partial charge is 0.325 e. The van der Waals surface area contributed by atoms with Gasteiger partial charge in [-0.3, -0.25) is 9.69 Å². The molecule has 1 fully saturated rings. The first-order valence-electron chi connectivity index (χ1n) is 7.45. The number of amides is 1. The number of piperidine rings is 1. The Kier molecular flexibility index (Phi) is 6.44. The molecule has 1 N–H and O–H groups in total. The summed E-state index contributed by atoms with van der Waals surface area (Å²) in [6.45, 7) is 3.78. The molecule has 0 spiro atoms. The Morgan fingerprint density at radius 3 is 2.81 bits per heavy atom. The number of likely N-dealkylation sites (N-methyl/N-ethyl adjacent to an activating group) is 1. The van der Waals surface area contributed by atoms with Gasteiger partial charge in [0, 0.05) is 22.3 Å². The van der Waals surface area contributed by atoms with Gasteiger partial charge in [0.2, 0.25) is 5.91 Å². The third kappa shape index (κ3) is 5.92. The zero-order valence-corrected chi connectivity index (χ0v) is 15.0. The summed E-state index contributed by atoms with van der Waals surface area (Å²) in [5, 5.41) is 2.95. The number of nitrogens with one attached hydrogen (secondary N) is 1. The molecular weight excluding hydrogens is 377 g/mol. The molecule has 0 aliphatic carbocycles. The highest BCUT2D eigenvalue weighted by molar-refractivity contribution is 14.1. The second-order valence-corrected chi connectivity index (χ2v) is 7.27. The van der Waals surface area contributed by atoms with E-state index in [9.17, 15) is 4.79 Å². The number of nitrogens with zero attached hydrogens (tertiary/aromatic N) is 2. The van der Waals surface area contributed by atoms with E-state index in [4.69, 9.17) is 0 Å². The van der Waals surface area contributed by atoms with Crippen molar-refractivity contribution >= 4 is 34.2 Å². The predicted octanol–water partition coefficient (Wildman–Crippen LogP) is 2.50. The van der Waals surface area contributed by atoms with E-state index in [0.29, 0.717) is 12.5 Å². The van der Waals surface area contributed by atoms with Crippen LogP contribution in [0.4, 0.5) is 5.69 Å². The lowest BCUT2D eigenvalue weighted by Gasteiger charge is -2.32. The molecule has 1 saturated heterocycles. The lowest BCUT2D eigenvalue weighted by Crippen LogP contribution is -2.40. The van der Waals surface area contributed by atoms with Crippen LogP contribution in [0.25, 0.3) is 0 Å². The van der Waals surface area contributed by atoms with Gasteiger partial charge >= 0.3 is 0 Å². The molecule has 1 aromatic carbocycles. The van der Waals surface area contributed by atoms with Gasteiger partial charge in [-0.1, -0.05) is 0 Å². The van der Waals surface area contributed by atoms with E-state index in [0.717, 1.165) is 18.8 Å². The standard InChI is InChI=1S/C16H24IN3O/c1-19-9-3-4-13(10-19)11-20(2)12-16(21)18-15-7-5-14(17)6-8-15/h5-8,13H,3-4,9-12H2,1-2H3,(H,18,21). The quantitative estimate of drug-likeness (QED) is 0.771. The van der Waals surface area contributed by atoms with Crippen LogP contribution < -0.4 is 5.32 Å². The molecule has 2 rings (SSSR count). The molecule has 5 heteroatoms. The number of anilines is 1. The second kappa shape index (κ2) is 8.10. The van der Waals surface area contributed by atoms with E-state index >= 15 is 0 Å².